The molecule has 0 aliphatic heterocycles. The van der Waals surface area contributed by atoms with Gasteiger partial charge in [0.25, 0.3) is 0 Å². The molecule has 0 unspecified atom stereocenters. The van der Waals surface area contributed by atoms with Gasteiger partial charge in [-0.15, -0.1) is 0 Å². The lowest BCUT2D eigenvalue weighted by molar-refractivity contribution is 0.550. The fourth-order valence-electron chi connectivity index (χ4n) is 2.32. The van der Waals surface area contributed by atoms with Gasteiger partial charge < -0.3 is 5.32 Å². The summed E-state index contributed by atoms with van der Waals surface area (Å²) in [6, 6.07) is 1.94. The fraction of sp³-hybridized carbons (Fsp3) is 0.500. The second kappa shape index (κ2) is 7.05. The maximum absolute atomic E-state index is 6.18. The molecule has 114 valence electrons. The Morgan fingerprint density at radius 2 is 2.10 bits per heavy atom. The summed E-state index contributed by atoms with van der Waals surface area (Å²) in [7, 11) is 0. The molecule has 0 saturated heterocycles. The van der Waals surface area contributed by atoms with E-state index in [1.54, 1.807) is 12.4 Å². The first kappa shape index (κ1) is 16.0. The average Bonchev–Trinajstić information content (AvgIpc) is 2.68. The molecule has 0 aliphatic carbocycles. The molecular formula is C16H23ClN4. The lowest BCUT2D eigenvalue weighted by Gasteiger charge is -2.09. The van der Waals surface area contributed by atoms with Crippen molar-refractivity contribution in [2.45, 2.75) is 40.8 Å². The highest BCUT2D eigenvalue weighted by Crippen LogP contribution is 2.18. The van der Waals surface area contributed by atoms with Crippen LogP contribution in [0.2, 0.25) is 5.02 Å². The van der Waals surface area contributed by atoms with E-state index in [0.29, 0.717) is 17.5 Å². The van der Waals surface area contributed by atoms with Crippen molar-refractivity contribution in [1.82, 2.24) is 20.1 Å². The van der Waals surface area contributed by atoms with E-state index in [9.17, 15) is 0 Å². The number of hydrogen-bond acceptors (Lipinski definition) is 3. The molecule has 0 spiro atoms. The molecule has 0 fully saturated rings. The molecule has 2 heterocycles. The summed E-state index contributed by atoms with van der Waals surface area (Å²) < 4.78 is 2.02. The number of nitrogens with zero attached hydrogens (tertiary/aromatic N) is 3. The Kier molecular flexibility index (Phi) is 5.37. The van der Waals surface area contributed by atoms with E-state index in [2.05, 4.69) is 43.1 Å². The minimum atomic E-state index is 0.649. The SMILES string of the molecule is Cc1nn(Cc2ccncc2Cl)c(C)c1CNCC(C)C. The van der Waals surface area contributed by atoms with Crippen molar-refractivity contribution in [3.63, 3.8) is 0 Å². The summed E-state index contributed by atoms with van der Waals surface area (Å²) in [5.74, 6) is 0.649. The van der Waals surface area contributed by atoms with Crippen LogP contribution in [0.25, 0.3) is 0 Å². The predicted molar refractivity (Wildman–Crippen MR) is 86.6 cm³/mol. The quantitative estimate of drug-likeness (QED) is 0.890. The molecule has 1 N–H and O–H groups in total. The Hall–Kier alpha value is -1.39. The Morgan fingerprint density at radius 3 is 2.76 bits per heavy atom. The van der Waals surface area contributed by atoms with Crippen LogP contribution in [0.4, 0.5) is 0 Å². The van der Waals surface area contributed by atoms with Crippen molar-refractivity contribution in [3.05, 3.63) is 46.0 Å². The van der Waals surface area contributed by atoms with E-state index in [-0.39, 0.29) is 0 Å². The number of pyridine rings is 1. The molecule has 5 heteroatoms. The number of halogens is 1. The second-order valence-corrected chi connectivity index (χ2v) is 6.21. The lowest BCUT2D eigenvalue weighted by Crippen LogP contribution is -2.19. The number of aryl methyl sites for hydroxylation is 1. The molecule has 2 aromatic rings. The molecule has 4 nitrogen and oxygen atoms in total. The molecule has 2 aromatic heterocycles. The third-order valence-electron chi connectivity index (χ3n) is 3.56. The summed E-state index contributed by atoms with van der Waals surface area (Å²) in [6.07, 6.45) is 3.44. The van der Waals surface area contributed by atoms with Gasteiger partial charge in [-0.2, -0.15) is 5.10 Å². The summed E-state index contributed by atoms with van der Waals surface area (Å²) in [6.45, 7) is 11.1. The van der Waals surface area contributed by atoms with Gasteiger partial charge in [-0.3, -0.25) is 9.67 Å². The Balaban J connectivity index is 2.13. The van der Waals surface area contributed by atoms with Gasteiger partial charge in [0.1, 0.15) is 0 Å². The monoisotopic (exact) mass is 306 g/mol. The van der Waals surface area contributed by atoms with Gasteiger partial charge in [0.2, 0.25) is 0 Å². The molecule has 0 atom stereocenters. The van der Waals surface area contributed by atoms with Crippen molar-refractivity contribution in [2.75, 3.05) is 6.54 Å². The topological polar surface area (TPSA) is 42.7 Å². The first-order valence-electron chi connectivity index (χ1n) is 7.31. The van der Waals surface area contributed by atoms with E-state index in [4.69, 9.17) is 11.6 Å². The number of rotatable bonds is 6. The van der Waals surface area contributed by atoms with Crippen LogP contribution in [0.1, 0.15) is 36.4 Å². The number of aromatic nitrogens is 3. The van der Waals surface area contributed by atoms with Crippen LogP contribution in [0.3, 0.4) is 0 Å². The van der Waals surface area contributed by atoms with Crippen molar-refractivity contribution in [1.29, 1.82) is 0 Å². The van der Waals surface area contributed by atoms with Gasteiger partial charge in [-0.05, 0) is 37.9 Å². The largest absolute Gasteiger partial charge is 0.312 e. The highest BCUT2D eigenvalue weighted by atomic mass is 35.5. The van der Waals surface area contributed by atoms with E-state index >= 15 is 0 Å². The van der Waals surface area contributed by atoms with Gasteiger partial charge in [-0.1, -0.05) is 25.4 Å². The van der Waals surface area contributed by atoms with Crippen molar-refractivity contribution >= 4 is 11.6 Å². The van der Waals surface area contributed by atoms with E-state index < -0.39 is 0 Å². The maximum Gasteiger partial charge on any atom is 0.0678 e. The van der Waals surface area contributed by atoms with Gasteiger partial charge >= 0.3 is 0 Å². The molecular weight excluding hydrogens is 284 g/mol. The average molecular weight is 307 g/mol. The summed E-state index contributed by atoms with van der Waals surface area (Å²) in [4.78, 5) is 4.02. The van der Waals surface area contributed by atoms with Crippen LogP contribution in [0.5, 0.6) is 0 Å². The van der Waals surface area contributed by atoms with E-state index in [1.165, 1.54) is 11.3 Å². The van der Waals surface area contributed by atoms with Gasteiger partial charge in [0.05, 0.1) is 17.3 Å². The van der Waals surface area contributed by atoms with Crippen LogP contribution in [0, 0.1) is 19.8 Å². The minimum absolute atomic E-state index is 0.649. The lowest BCUT2D eigenvalue weighted by atomic mass is 10.1. The fourth-order valence-corrected chi connectivity index (χ4v) is 2.50. The predicted octanol–water partition coefficient (Wildman–Crippen LogP) is 3.34. The molecule has 21 heavy (non-hydrogen) atoms. The smallest absolute Gasteiger partial charge is 0.0678 e. The van der Waals surface area contributed by atoms with Crippen LogP contribution < -0.4 is 5.32 Å². The zero-order valence-corrected chi connectivity index (χ0v) is 13.9. The third-order valence-corrected chi connectivity index (χ3v) is 3.90. The van der Waals surface area contributed by atoms with Crippen molar-refractivity contribution in [3.8, 4) is 0 Å². The number of nitrogens with one attached hydrogen (secondary N) is 1. The zero-order valence-electron chi connectivity index (χ0n) is 13.2. The van der Waals surface area contributed by atoms with Gasteiger partial charge in [0, 0.05) is 30.2 Å². The first-order chi connectivity index (χ1) is 9.99. The van der Waals surface area contributed by atoms with E-state index in [0.717, 1.165) is 24.3 Å². The second-order valence-electron chi connectivity index (χ2n) is 5.80. The molecule has 0 aliphatic rings. The van der Waals surface area contributed by atoms with Gasteiger partial charge in [0.15, 0.2) is 0 Å². The molecule has 0 radical (unpaired) electrons. The van der Waals surface area contributed by atoms with Crippen LogP contribution >= 0.6 is 11.6 Å². The maximum atomic E-state index is 6.18. The third kappa shape index (κ3) is 4.05. The van der Waals surface area contributed by atoms with Crippen LogP contribution in [0.15, 0.2) is 18.5 Å². The zero-order chi connectivity index (χ0) is 15.4. The summed E-state index contributed by atoms with van der Waals surface area (Å²) in [5, 5.41) is 8.81. The standard InChI is InChI=1S/C16H23ClN4/c1-11(2)7-19-8-15-12(3)20-21(13(15)4)10-14-5-6-18-9-16(14)17/h5-6,9,11,19H,7-8,10H2,1-4H3. The molecule has 0 bridgehead atoms. The highest BCUT2D eigenvalue weighted by Gasteiger charge is 2.12. The first-order valence-corrected chi connectivity index (χ1v) is 7.68. The minimum Gasteiger partial charge on any atom is -0.312 e. The van der Waals surface area contributed by atoms with E-state index in [1.807, 2.05) is 10.7 Å². The van der Waals surface area contributed by atoms with Gasteiger partial charge in [-0.25, -0.2) is 0 Å². The molecule has 2 rings (SSSR count). The molecule has 0 aromatic carbocycles. The normalized spacial score (nSPS) is 11.3. The Bertz CT molecular complexity index is 604. The Morgan fingerprint density at radius 1 is 1.33 bits per heavy atom. The highest BCUT2D eigenvalue weighted by molar-refractivity contribution is 6.31. The molecule has 0 saturated carbocycles. The van der Waals surface area contributed by atoms with Crippen molar-refractivity contribution in [2.24, 2.45) is 5.92 Å². The van der Waals surface area contributed by atoms with Crippen LogP contribution in [-0.4, -0.2) is 21.3 Å². The number of hydrogen-bond donors (Lipinski definition) is 1. The molecule has 0 amide bonds. The summed E-state index contributed by atoms with van der Waals surface area (Å²) in [5.41, 5.74) is 4.59. The summed E-state index contributed by atoms with van der Waals surface area (Å²) >= 11 is 6.18. The Labute approximate surface area is 131 Å². The van der Waals surface area contributed by atoms with Crippen LogP contribution in [-0.2, 0) is 13.1 Å². The van der Waals surface area contributed by atoms with Crippen molar-refractivity contribution < 1.29 is 0 Å².